The summed E-state index contributed by atoms with van der Waals surface area (Å²) in [6.45, 7) is 4.84. The molecule has 5 nitrogen and oxygen atoms in total. The molecule has 1 aromatic rings. The number of hydrogen-bond donors (Lipinski definition) is 2. The van der Waals surface area contributed by atoms with Gasteiger partial charge in [-0.1, -0.05) is 0 Å². The van der Waals surface area contributed by atoms with Crippen molar-refractivity contribution in [2.75, 3.05) is 31.1 Å². The molecule has 0 saturated carbocycles. The number of benzene rings is 1. The van der Waals surface area contributed by atoms with E-state index in [1.807, 2.05) is 19.1 Å². The highest BCUT2D eigenvalue weighted by Crippen LogP contribution is 2.19. The van der Waals surface area contributed by atoms with Gasteiger partial charge in [-0.25, -0.2) is 0 Å². The summed E-state index contributed by atoms with van der Waals surface area (Å²) in [6, 6.07) is 9.27. The maximum Gasteiger partial charge on any atom is 0.244 e. The predicted octanol–water partition coefficient (Wildman–Crippen LogP) is 0.473. The Bertz CT molecular complexity index is 477. The van der Waals surface area contributed by atoms with Crippen LogP contribution < -0.4 is 15.5 Å². The largest absolute Gasteiger partial charge is 0.357 e. The Balaban J connectivity index is 2.18. The Morgan fingerprint density at radius 3 is 2.89 bits per heavy atom. The summed E-state index contributed by atoms with van der Waals surface area (Å²) in [5, 5.41) is 14.9. The highest BCUT2D eigenvalue weighted by Gasteiger charge is 2.28. The lowest BCUT2D eigenvalue weighted by atomic mass is 10.1. The maximum absolute atomic E-state index is 12.1. The molecule has 1 saturated heterocycles. The summed E-state index contributed by atoms with van der Waals surface area (Å²) in [5.74, 6) is 0.0408. The van der Waals surface area contributed by atoms with E-state index in [1.54, 1.807) is 12.1 Å². The summed E-state index contributed by atoms with van der Waals surface area (Å²) in [4.78, 5) is 14.1. The second kappa shape index (κ2) is 6.21. The van der Waals surface area contributed by atoms with E-state index in [9.17, 15) is 4.79 Å². The van der Waals surface area contributed by atoms with Gasteiger partial charge in [-0.15, -0.1) is 0 Å². The van der Waals surface area contributed by atoms with Gasteiger partial charge in [0, 0.05) is 31.9 Å². The number of hydrogen-bond acceptors (Lipinski definition) is 4. The smallest absolute Gasteiger partial charge is 0.244 e. The van der Waals surface area contributed by atoms with Crippen molar-refractivity contribution in [2.24, 2.45) is 0 Å². The lowest BCUT2D eigenvalue weighted by Gasteiger charge is -2.36. The van der Waals surface area contributed by atoms with Crippen LogP contribution in [0, 0.1) is 11.3 Å². The Morgan fingerprint density at radius 1 is 1.53 bits per heavy atom. The molecule has 100 valence electrons. The molecule has 0 aromatic heterocycles. The van der Waals surface area contributed by atoms with Gasteiger partial charge < -0.3 is 15.5 Å². The van der Waals surface area contributed by atoms with E-state index in [0.717, 1.165) is 18.8 Å². The summed E-state index contributed by atoms with van der Waals surface area (Å²) in [7, 11) is 0. The second-order valence-corrected chi connectivity index (χ2v) is 4.47. The minimum atomic E-state index is -0.193. The molecule has 0 radical (unpaired) electrons. The zero-order chi connectivity index (χ0) is 13.7. The summed E-state index contributed by atoms with van der Waals surface area (Å²) in [5.41, 5.74) is 1.62. The molecule has 0 aliphatic carbocycles. The van der Waals surface area contributed by atoms with E-state index in [-0.39, 0.29) is 11.9 Å². The number of nitrogens with one attached hydrogen (secondary N) is 2. The van der Waals surface area contributed by atoms with Crippen LogP contribution in [0.25, 0.3) is 0 Å². The number of nitriles is 1. The Kier molecular flexibility index (Phi) is 4.37. The zero-order valence-corrected chi connectivity index (χ0v) is 11.0. The second-order valence-electron chi connectivity index (χ2n) is 4.47. The van der Waals surface area contributed by atoms with Crippen LogP contribution in [-0.2, 0) is 4.79 Å². The molecule has 1 fully saturated rings. The summed E-state index contributed by atoms with van der Waals surface area (Å²) >= 11 is 0. The van der Waals surface area contributed by atoms with Gasteiger partial charge in [0.15, 0.2) is 0 Å². The van der Waals surface area contributed by atoms with Crippen LogP contribution in [-0.4, -0.2) is 38.1 Å². The van der Waals surface area contributed by atoms with Gasteiger partial charge >= 0.3 is 0 Å². The highest BCUT2D eigenvalue weighted by molar-refractivity contribution is 5.85. The number of anilines is 1. The molecule has 1 aromatic carbocycles. The monoisotopic (exact) mass is 258 g/mol. The average Bonchev–Trinajstić information content (AvgIpc) is 2.47. The topological polar surface area (TPSA) is 68.2 Å². The van der Waals surface area contributed by atoms with Crippen LogP contribution in [0.3, 0.4) is 0 Å². The van der Waals surface area contributed by atoms with E-state index >= 15 is 0 Å². The van der Waals surface area contributed by atoms with Crippen molar-refractivity contribution in [2.45, 2.75) is 13.0 Å². The number of rotatable bonds is 3. The van der Waals surface area contributed by atoms with Crippen LogP contribution in [0.2, 0.25) is 0 Å². The van der Waals surface area contributed by atoms with Gasteiger partial charge in [0.25, 0.3) is 0 Å². The van der Waals surface area contributed by atoms with Crippen molar-refractivity contribution in [3.8, 4) is 6.07 Å². The fraction of sp³-hybridized carbons (Fsp3) is 0.429. The van der Waals surface area contributed by atoms with Gasteiger partial charge in [-0.05, 0) is 31.2 Å². The summed E-state index contributed by atoms with van der Waals surface area (Å²) in [6.07, 6.45) is 0. The van der Waals surface area contributed by atoms with Gasteiger partial charge in [-0.3, -0.25) is 4.79 Å². The molecule has 1 atom stereocenters. The van der Waals surface area contributed by atoms with Gasteiger partial charge in [-0.2, -0.15) is 5.26 Å². The fourth-order valence-electron chi connectivity index (χ4n) is 2.27. The molecular formula is C14H18N4O. The fourth-order valence-corrected chi connectivity index (χ4v) is 2.27. The average molecular weight is 258 g/mol. The van der Waals surface area contributed by atoms with Crippen molar-refractivity contribution in [3.05, 3.63) is 29.8 Å². The quantitative estimate of drug-likeness (QED) is 0.827. The first kappa shape index (κ1) is 13.4. The van der Waals surface area contributed by atoms with Gasteiger partial charge in [0.1, 0.15) is 6.04 Å². The molecule has 0 spiro atoms. The third-order valence-corrected chi connectivity index (χ3v) is 3.23. The van der Waals surface area contributed by atoms with E-state index in [0.29, 0.717) is 18.7 Å². The SMILES string of the molecule is CCNC(=O)C1CNCCN1c1ccc(C#N)cc1. The van der Waals surface area contributed by atoms with Crippen molar-refractivity contribution in [1.82, 2.24) is 10.6 Å². The molecule has 2 rings (SSSR count). The molecule has 1 unspecified atom stereocenters. The lowest BCUT2D eigenvalue weighted by molar-refractivity contribution is -0.122. The number of nitrogens with zero attached hydrogens (tertiary/aromatic N) is 2. The molecule has 2 N–H and O–H groups in total. The third kappa shape index (κ3) is 3.04. The van der Waals surface area contributed by atoms with Gasteiger partial charge in [0.2, 0.25) is 5.91 Å². The molecule has 1 aliphatic rings. The minimum absolute atomic E-state index is 0.0408. The molecule has 1 amide bonds. The molecule has 19 heavy (non-hydrogen) atoms. The first-order chi connectivity index (χ1) is 9.26. The molecule has 1 aliphatic heterocycles. The van der Waals surface area contributed by atoms with Crippen molar-refractivity contribution in [1.29, 1.82) is 5.26 Å². The molecule has 0 bridgehead atoms. The molecule has 5 heteroatoms. The third-order valence-electron chi connectivity index (χ3n) is 3.23. The Labute approximate surface area is 113 Å². The van der Waals surface area contributed by atoms with Crippen molar-refractivity contribution in [3.63, 3.8) is 0 Å². The zero-order valence-electron chi connectivity index (χ0n) is 11.0. The summed E-state index contributed by atoms with van der Waals surface area (Å²) < 4.78 is 0. The number of carbonyl (C=O) groups is 1. The van der Waals surface area contributed by atoms with E-state index in [4.69, 9.17) is 5.26 Å². The van der Waals surface area contributed by atoms with Crippen LogP contribution in [0.15, 0.2) is 24.3 Å². The first-order valence-corrected chi connectivity index (χ1v) is 6.51. The number of likely N-dealkylation sites (N-methyl/N-ethyl adjacent to an activating group) is 1. The lowest BCUT2D eigenvalue weighted by Crippen LogP contribution is -2.58. The first-order valence-electron chi connectivity index (χ1n) is 6.51. The number of amides is 1. The normalized spacial score (nSPS) is 18.7. The number of piperazine rings is 1. The predicted molar refractivity (Wildman–Crippen MR) is 73.8 cm³/mol. The maximum atomic E-state index is 12.1. The van der Waals surface area contributed by atoms with E-state index < -0.39 is 0 Å². The van der Waals surface area contributed by atoms with Crippen LogP contribution in [0.1, 0.15) is 12.5 Å². The van der Waals surface area contributed by atoms with Crippen molar-refractivity contribution < 1.29 is 4.79 Å². The Hall–Kier alpha value is -2.06. The van der Waals surface area contributed by atoms with Crippen LogP contribution in [0.5, 0.6) is 0 Å². The van der Waals surface area contributed by atoms with Crippen LogP contribution >= 0.6 is 0 Å². The number of carbonyl (C=O) groups excluding carboxylic acids is 1. The highest BCUT2D eigenvalue weighted by atomic mass is 16.2. The Morgan fingerprint density at radius 2 is 2.26 bits per heavy atom. The molecular weight excluding hydrogens is 240 g/mol. The van der Waals surface area contributed by atoms with E-state index in [2.05, 4.69) is 21.6 Å². The van der Waals surface area contributed by atoms with Crippen LogP contribution in [0.4, 0.5) is 5.69 Å². The van der Waals surface area contributed by atoms with Crippen molar-refractivity contribution >= 4 is 11.6 Å². The van der Waals surface area contributed by atoms with Gasteiger partial charge in [0.05, 0.1) is 11.6 Å². The standard InChI is InChI=1S/C14H18N4O/c1-2-17-14(19)13-10-16-7-8-18(13)12-5-3-11(9-15)4-6-12/h3-6,13,16H,2,7-8,10H2,1H3,(H,17,19). The van der Waals surface area contributed by atoms with E-state index in [1.165, 1.54) is 0 Å². The minimum Gasteiger partial charge on any atom is -0.357 e. The molecule has 1 heterocycles.